The maximum absolute atomic E-state index is 5.67. The van der Waals surface area contributed by atoms with E-state index in [1.165, 1.54) is 0 Å². The zero-order valence-corrected chi connectivity index (χ0v) is 14.4. The Morgan fingerprint density at radius 1 is 1.04 bits per heavy atom. The standard InChI is InChI=1S/C19H19N5O2/c1-25-11-9-23-14-21-22-17(23)12-24-13-20-18(15-6-3-2-4-7-15)19(24)16-8-5-10-26-16/h2-8,10,13-14H,9,11-12H2,1H3. The second-order valence-electron chi connectivity index (χ2n) is 5.85. The third kappa shape index (κ3) is 3.16. The van der Waals surface area contributed by atoms with Gasteiger partial charge in [-0.3, -0.25) is 0 Å². The average Bonchev–Trinajstić information content (AvgIpc) is 3.42. The molecule has 3 aromatic heterocycles. The number of benzene rings is 1. The van der Waals surface area contributed by atoms with Crippen LogP contribution >= 0.6 is 0 Å². The Morgan fingerprint density at radius 2 is 1.92 bits per heavy atom. The number of rotatable bonds is 7. The topological polar surface area (TPSA) is 70.9 Å². The minimum Gasteiger partial charge on any atom is -0.463 e. The molecule has 0 aliphatic rings. The highest BCUT2D eigenvalue weighted by atomic mass is 16.5. The molecular weight excluding hydrogens is 330 g/mol. The molecule has 0 N–H and O–H groups in total. The van der Waals surface area contributed by atoms with Gasteiger partial charge in [0.1, 0.15) is 12.0 Å². The molecule has 0 amide bonds. The van der Waals surface area contributed by atoms with Gasteiger partial charge in [0.15, 0.2) is 11.6 Å². The van der Waals surface area contributed by atoms with Crippen LogP contribution in [-0.4, -0.2) is 38.0 Å². The maximum Gasteiger partial charge on any atom is 0.152 e. The molecule has 26 heavy (non-hydrogen) atoms. The Kier molecular flexibility index (Phi) is 4.61. The first kappa shape index (κ1) is 16.3. The van der Waals surface area contributed by atoms with Gasteiger partial charge in [-0.15, -0.1) is 10.2 Å². The summed E-state index contributed by atoms with van der Waals surface area (Å²) < 4.78 is 14.8. The lowest BCUT2D eigenvalue weighted by molar-refractivity contribution is 0.186. The molecule has 0 bridgehead atoms. The first-order valence-corrected chi connectivity index (χ1v) is 8.37. The van der Waals surface area contributed by atoms with E-state index in [9.17, 15) is 0 Å². The van der Waals surface area contributed by atoms with Crippen molar-refractivity contribution in [1.29, 1.82) is 0 Å². The van der Waals surface area contributed by atoms with E-state index in [1.807, 2.05) is 57.9 Å². The summed E-state index contributed by atoms with van der Waals surface area (Å²) in [5.74, 6) is 1.61. The van der Waals surface area contributed by atoms with Crippen molar-refractivity contribution in [1.82, 2.24) is 24.3 Å². The Hall–Kier alpha value is -3.19. The molecular formula is C19H19N5O2. The van der Waals surface area contributed by atoms with Crippen LogP contribution in [-0.2, 0) is 17.8 Å². The van der Waals surface area contributed by atoms with Crippen molar-refractivity contribution >= 4 is 0 Å². The van der Waals surface area contributed by atoms with Crippen LogP contribution < -0.4 is 0 Å². The lowest BCUT2D eigenvalue weighted by atomic mass is 10.1. The van der Waals surface area contributed by atoms with Gasteiger partial charge in [-0.25, -0.2) is 4.98 Å². The minimum absolute atomic E-state index is 0.541. The van der Waals surface area contributed by atoms with Crippen molar-refractivity contribution in [2.24, 2.45) is 0 Å². The van der Waals surface area contributed by atoms with Crippen LogP contribution in [0, 0.1) is 0 Å². The summed E-state index contributed by atoms with van der Waals surface area (Å²) in [6.07, 6.45) is 5.20. The predicted molar refractivity (Wildman–Crippen MR) is 96.4 cm³/mol. The molecule has 0 aliphatic carbocycles. The van der Waals surface area contributed by atoms with Crippen molar-refractivity contribution in [2.75, 3.05) is 13.7 Å². The molecule has 1 aromatic carbocycles. The van der Waals surface area contributed by atoms with Crippen LogP contribution in [0.1, 0.15) is 5.82 Å². The van der Waals surface area contributed by atoms with Crippen molar-refractivity contribution in [3.05, 3.63) is 67.2 Å². The quantitative estimate of drug-likeness (QED) is 0.513. The first-order valence-electron chi connectivity index (χ1n) is 8.37. The van der Waals surface area contributed by atoms with Gasteiger partial charge < -0.3 is 18.3 Å². The van der Waals surface area contributed by atoms with Crippen molar-refractivity contribution < 1.29 is 9.15 Å². The van der Waals surface area contributed by atoms with Gasteiger partial charge in [0.05, 0.1) is 31.4 Å². The van der Waals surface area contributed by atoms with Crippen molar-refractivity contribution in [3.8, 4) is 22.7 Å². The fourth-order valence-electron chi connectivity index (χ4n) is 2.91. The summed E-state index contributed by atoms with van der Waals surface area (Å²) in [5.41, 5.74) is 2.84. The number of furan rings is 1. The zero-order chi connectivity index (χ0) is 17.8. The molecule has 0 aliphatic heterocycles. The number of methoxy groups -OCH3 is 1. The van der Waals surface area contributed by atoms with Gasteiger partial charge in [-0.1, -0.05) is 30.3 Å². The van der Waals surface area contributed by atoms with Crippen LogP contribution in [0.2, 0.25) is 0 Å². The molecule has 0 saturated carbocycles. The number of nitrogens with zero attached hydrogens (tertiary/aromatic N) is 5. The molecule has 0 fully saturated rings. The molecule has 0 atom stereocenters. The lowest BCUT2D eigenvalue weighted by Gasteiger charge is -2.10. The van der Waals surface area contributed by atoms with Crippen LogP contribution in [0.25, 0.3) is 22.7 Å². The largest absolute Gasteiger partial charge is 0.463 e. The fraction of sp³-hybridized carbons (Fsp3) is 0.211. The molecule has 0 spiro atoms. The molecule has 4 rings (SSSR count). The van der Waals surface area contributed by atoms with Crippen LogP contribution in [0.4, 0.5) is 0 Å². The summed E-state index contributed by atoms with van der Waals surface area (Å²) in [6.45, 7) is 1.85. The van der Waals surface area contributed by atoms with E-state index in [0.29, 0.717) is 19.7 Å². The first-order chi connectivity index (χ1) is 12.9. The van der Waals surface area contributed by atoms with Crippen LogP contribution in [0.3, 0.4) is 0 Å². The Morgan fingerprint density at radius 3 is 2.69 bits per heavy atom. The zero-order valence-electron chi connectivity index (χ0n) is 14.4. The summed E-state index contributed by atoms with van der Waals surface area (Å²) >= 11 is 0. The third-order valence-electron chi connectivity index (χ3n) is 4.18. The van der Waals surface area contributed by atoms with Crippen LogP contribution in [0.15, 0.2) is 65.8 Å². The highest BCUT2D eigenvalue weighted by Gasteiger charge is 2.18. The third-order valence-corrected chi connectivity index (χ3v) is 4.18. The van der Waals surface area contributed by atoms with Gasteiger partial charge in [-0.05, 0) is 12.1 Å². The van der Waals surface area contributed by atoms with E-state index < -0.39 is 0 Å². The fourth-order valence-corrected chi connectivity index (χ4v) is 2.91. The number of hydrogen-bond donors (Lipinski definition) is 0. The second-order valence-corrected chi connectivity index (χ2v) is 5.85. The van der Waals surface area contributed by atoms with Gasteiger partial charge >= 0.3 is 0 Å². The van der Waals surface area contributed by atoms with E-state index >= 15 is 0 Å². The van der Waals surface area contributed by atoms with E-state index in [-0.39, 0.29) is 0 Å². The molecule has 7 nitrogen and oxygen atoms in total. The van der Waals surface area contributed by atoms with Gasteiger partial charge in [0.25, 0.3) is 0 Å². The number of imidazole rings is 1. The molecule has 0 radical (unpaired) electrons. The second kappa shape index (κ2) is 7.37. The van der Waals surface area contributed by atoms with Crippen molar-refractivity contribution in [2.45, 2.75) is 13.1 Å². The van der Waals surface area contributed by atoms with E-state index in [4.69, 9.17) is 9.15 Å². The Balaban J connectivity index is 1.73. The molecule has 7 heteroatoms. The highest BCUT2D eigenvalue weighted by Crippen LogP contribution is 2.31. The monoisotopic (exact) mass is 349 g/mol. The summed E-state index contributed by atoms with van der Waals surface area (Å²) in [4.78, 5) is 4.64. The number of hydrogen-bond acceptors (Lipinski definition) is 5. The maximum atomic E-state index is 5.67. The summed E-state index contributed by atoms with van der Waals surface area (Å²) in [7, 11) is 1.68. The molecule has 0 unspecified atom stereocenters. The van der Waals surface area contributed by atoms with E-state index in [0.717, 1.165) is 28.5 Å². The SMILES string of the molecule is COCCn1cnnc1Cn1cnc(-c2ccccc2)c1-c1ccco1. The highest BCUT2D eigenvalue weighted by molar-refractivity contribution is 5.76. The summed E-state index contributed by atoms with van der Waals surface area (Å²) in [5, 5.41) is 8.28. The van der Waals surface area contributed by atoms with Gasteiger partial charge in [0, 0.05) is 19.2 Å². The van der Waals surface area contributed by atoms with Crippen LogP contribution in [0.5, 0.6) is 0 Å². The summed E-state index contributed by atoms with van der Waals surface area (Å²) in [6, 6.07) is 13.9. The number of aromatic nitrogens is 5. The van der Waals surface area contributed by atoms with Gasteiger partial charge in [-0.2, -0.15) is 0 Å². The number of ether oxygens (including phenoxy) is 1. The molecule has 3 heterocycles. The van der Waals surface area contributed by atoms with E-state index in [2.05, 4.69) is 15.2 Å². The smallest absolute Gasteiger partial charge is 0.152 e. The molecule has 0 saturated heterocycles. The predicted octanol–water partition coefficient (Wildman–Crippen LogP) is 3.10. The Labute approximate surface area is 150 Å². The van der Waals surface area contributed by atoms with E-state index in [1.54, 1.807) is 19.7 Å². The minimum atomic E-state index is 0.541. The Bertz CT molecular complexity index is 957. The normalized spacial score (nSPS) is 11.1. The molecule has 132 valence electrons. The van der Waals surface area contributed by atoms with Gasteiger partial charge in [0.2, 0.25) is 0 Å². The van der Waals surface area contributed by atoms with Crippen molar-refractivity contribution in [3.63, 3.8) is 0 Å². The molecule has 4 aromatic rings. The average molecular weight is 349 g/mol. The lowest BCUT2D eigenvalue weighted by Crippen LogP contribution is -2.11.